The molecule has 1 aliphatic rings. The molecule has 0 aromatic carbocycles. The van der Waals surface area contributed by atoms with Crippen molar-refractivity contribution < 1.29 is 27.5 Å². The molecule has 1 aromatic heterocycles. The third-order valence-corrected chi connectivity index (χ3v) is 5.83. The summed E-state index contributed by atoms with van der Waals surface area (Å²) in [6.45, 7) is -0.0147. The maximum atomic E-state index is 11.9. The smallest absolute Gasteiger partial charge is 0.309 e. The maximum absolute atomic E-state index is 11.9. The molecular formula is C14H19N3O6S2. The van der Waals surface area contributed by atoms with Crippen LogP contribution < -0.4 is 10.9 Å². The summed E-state index contributed by atoms with van der Waals surface area (Å²) in [6, 6.07) is 3.31. The van der Waals surface area contributed by atoms with Crippen LogP contribution in [0.4, 0.5) is 0 Å². The second kappa shape index (κ2) is 8.41. The van der Waals surface area contributed by atoms with Gasteiger partial charge in [-0.3, -0.25) is 25.2 Å². The fourth-order valence-electron chi connectivity index (χ4n) is 2.31. The van der Waals surface area contributed by atoms with Gasteiger partial charge < -0.3 is 4.74 Å². The zero-order chi connectivity index (χ0) is 18.4. The van der Waals surface area contributed by atoms with Gasteiger partial charge in [0.25, 0.3) is 11.8 Å². The number of carbonyl (C=O) groups is 3. The van der Waals surface area contributed by atoms with Crippen LogP contribution in [-0.2, 0) is 24.3 Å². The van der Waals surface area contributed by atoms with Crippen LogP contribution in [0, 0.1) is 5.92 Å². The molecule has 138 valence electrons. The molecule has 9 nitrogen and oxygen atoms in total. The number of sulfonamides is 1. The fraction of sp³-hybridized carbons (Fsp3) is 0.500. The predicted octanol–water partition coefficient (Wildman–Crippen LogP) is -0.276. The molecule has 2 rings (SSSR count). The number of ether oxygens (including phenoxy) is 1. The monoisotopic (exact) mass is 389 g/mol. The van der Waals surface area contributed by atoms with E-state index in [4.69, 9.17) is 4.74 Å². The first kappa shape index (κ1) is 19.3. The van der Waals surface area contributed by atoms with Gasteiger partial charge in [0.15, 0.2) is 6.61 Å². The van der Waals surface area contributed by atoms with E-state index in [1.807, 2.05) is 0 Å². The molecule has 0 atom stereocenters. The van der Waals surface area contributed by atoms with Gasteiger partial charge in [0.05, 0.1) is 17.1 Å². The van der Waals surface area contributed by atoms with Crippen LogP contribution in [0.1, 0.15) is 22.5 Å². The summed E-state index contributed by atoms with van der Waals surface area (Å²) in [5.74, 6) is -2.10. The number of carbonyl (C=O) groups excluding carboxylic acids is 3. The highest BCUT2D eigenvalue weighted by atomic mass is 32.2. The summed E-state index contributed by atoms with van der Waals surface area (Å²) in [7, 11) is -3.26. The van der Waals surface area contributed by atoms with Gasteiger partial charge in [-0.05, 0) is 24.3 Å². The number of thiophene rings is 1. The second-order valence-corrected chi connectivity index (χ2v) is 8.45. The minimum absolute atomic E-state index is 0.252. The van der Waals surface area contributed by atoms with Gasteiger partial charge in [0, 0.05) is 13.1 Å². The van der Waals surface area contributed by atoms with E-state index in [0.29, 0.717) is 17.7 Å². The number of esters is 1. The molecule has 0 bridgehead atoms. The molecule has 0 spiro atoms. The van der Waals surface area contributed by atoms with Crippen LogP contribution >= 0.6 is 11.3 Å². The van der Waals surface area contributed by atoms with E-state index in [0.717, 1.165) is 6.26 Å². The average molecular weight is 389 g/mol. The van der Waals surface area contributed by atoms with Gasteiger partial charge in [-0.2, -0.15) is 0 Å². The van der Waals surface area contributed by atoms with Crippen LogP contribution in [0.15, 0.2) is 17.5 Å². The van der Waals surface area contributed by atoms with Gasteiger partial charge in [-0.1, -0.05) is 6.07 Å². The standard InChI is InChI=1S/C14H19N3O6S2/c1-25(21,22)17-6-4-10(5-7-17)14(20)23-9-12(18)15-16-13(19)11-3-2-8-24-11/h2-3,8,10H,4-7,9H2,1H3,(H,15,18)(H,16,19). The number of piperidine rings is 1. The van der Waals surface area contributed by atoms with Crippen LogP contribution in [-0.4, -0.2) is 56.5 Å². The topological polar surface area (TPSA) is 122 Å². The largest absolute Gasteiger partial charge is 0.455 e. The maximum Gasteiger partial charge on any atom is 0.309 e. The Morgan fingerprint density at radius 1 is 1.28 bits per heavy atom. The Bertz CT molecular complexity index is 724. The average Bonchev–Trinajstić information content (AvgIpc) is 3.11. The van der Waals surface area contributed by atoms with Crippen molar-refractivity contribution >= 4 is 39.1 Å². The summed E-state index contributed by atoms with van der Waals surface area (Å²) in [5.41, 5.74) is 4.38. The van der Waals surface area contributed by atoms with Gasteiger partial charge >= 0.3 is 5.97 Å². The van der Waals surface area contributed by atoms with Crippen LogP contribution in [0.2, 0.25) is 0 Å². The lowest BCUT2D eigenvalue weighted by Gasteiger charge is -2.28. The molecule has 0 aliphatic carbocycles. The molecular weight excluding hydrogens is 370 g/mol. The zero-order valence-corrected chi connectivity index (χ0v) is 15.2. The second-order valence-electron chi connectivity index (χ2n) is 5.52. The van der Waals surface area contributed by atoms with Crippen LogP contribution in [0.3, 0.4) is 0 Å². The Kier molecular flexibility index (Phi) is 6.51. The molecule has 1 saturated heterocycles. The Morgan fingerprint density at radius 2 is 1.96 bits per heavy atom. The highest BCUT2D eigenvalue weighted by molar-refractivity contribution is 7.88. The number of amides is 2. The Morgan fingerprint density at radius 3 is 2.52 bits per heavy atom. The highest BCUT2D eigenvalue weighted by Crippen LogP contribution is 2.20. The molecule has 1 aromatic rings. The first-order valence-electron chi connectivity index (χ1n) is 7.52. The Labute approximate surface area is 149 Å². The van der Waals surface area contributed by atoms with Crippen molar-refractivity contribution in [2.45, 2.75) is 12.8 Å². The van der Waals surface area contributed by atoms with E-state index in [-0.39, 0.29) is 13.1 Å². The minimum Gasteiger partial charge on any atom is -0.455 e. The summed E-state index contributed by atoms with van der Waals surface area (Å²) in [5, 5.41) is 1.73. The molecule has 2 amide bonds. The number of hydrogen-bond donors (Lipinski definition) is 2. The number of nitrogens with zero attached hydrogens (tertiary/aromatic N) is 1. The van der Waals surface area contributed by atoms with Crippen molar-refractivity contribution in [2.24, 2.45) is 5.92 Å². The summed E-state index contributed by atoms with van der Waals surface area (Å²) in [4.78, 5) is 35.6. The molecule has 0 unspecified atom stereocenters. The van der Waals surface area contributed by atoms with Crippen molar-refractivity contribution in [1.29, 1.82) is 0 Å². The third kappa shape index (κ3) is 5.80. The van der Waals surface area contributed by atoms with Crippen molar-refractivity contribution in [1.82, 2.24) is 15.2 Å². The van der Waals surface area contributed by atoms with Crippen molar-refractivity contribution in [3.8, 4) is 0 Å². The minimum atomic E-state index is -3.26. The zero-order valence-electron chi connectivity index (χ0n) is 13.6. The van der Waals surface area contributed by atoms with E-state index < -0.39 is 40.3 Å². The Balaban J connectivity index is 1.68. The van der Waals surface area contributed by atoms with E-state index in [9.17, 15) is 22.8 Å². The lowest BCUT2D eigenvalue weighted by molar-refractivity contribution is -0.153. The van der Waals surface area contributed by atoms with E-state index >= 15 is 0 Å². The lowest BCUT2D eigenvalue weighted by atomic mass is 9.98. The van der Waals surface area contributed by atoms with E-state index in [1.54, 1.807) is 17.5 Å². The quantitative estimate of drug-likeness (QED) is 0.528. The highest BCUT2D eigenvalue weighted by Gasteiger charge is 2.30. The molecule has 11 heteroatoms. The summed E-state index contributed by atoms with van der Waals surface area (Å²) in [6.07, 6.45) is 1.83. The van der Waals surface area contributed by atoms with Gasteiger partial charge in [-0.25, -0.2) is 12.7 Å². The molecule has 1 fully saturated rings. The van der Waals surface area contributed by atoms with E-state index in [1.165, 1.54) is 15.6 Å². The fourth-order valence-corrected chi connectivity index (χ4v) is 3.80. The SMILES string of the molecule is CS(=O)(=O)N1CCC(C(=O)OCC(=O)NNC(=O)c2cccs2)CC1. The van der Waals surface area contributed by atoms with Gasteiger partial charge in [0.2, 0.25) is 10.0 Å². The molecule has 0 radical (unpaired) electrons. The molecule has 25 heavy (non-hydrogen) atoms. The van der Waals surface area contributed by atoms with Gasteiger partial charge in [-0.15, -0.1) is 11.3 Å². The first-order chi connectivity index (χ1) is 11.8. The summed E-state index contributed by atoms with van der Waals surface area (Å²) < 4.78 is 29.1. The number of hydrogen-bond acceptors (Lipinski definition) is 7. The van der Waals surface area contributed by atoms with Crippen LogP contribution in [0.25, 0.3) is 0 Å². The molecule has 2 heterocycles. The van der Waals surface area contributed by atoms with Crippen molar-refractivity contribution in [3.63, 3.8) is 0 Å². The predicted molar refractivity (Wildman–Crippen MR) is 90.0 cm³/mol. The molecule has 2 N–H and O–H groups in total. The van der Waals surface area contributed by atoms with Crippen molar-refractivity contribution in [2.75, 3.05) is 26.0 Å². The number of nitrogens with one attached hydrogen (secondary N) is 2. The first-order valence-corrected chi connectivity index (χ1v) is 10.2. The van der Waals surface area contributed by atoms with Crippen molar-refractivity contribution in [3.05, 3.63) is 22.4 Å². The lowest BCUT2D eigenvalue weighted by Crippen LogP contribution is -2.44. The molecule has 0 saturated carbocycles. The third-order valence-electron chi connectivity index (χ3n) is 3.66. The Hall–Kier alpha value is -1.98. The van der Waals surface area contributed by atoms with Gasteiger partial charge in [0.1, 0.15) is 0 Å². The number of rotatable bonds is 5. The summed E-state index contributed by atoms with van der Waals surface area (Å²) >= 11 is 1.23. The van der Waals surface area contributed by atoms with E-state index in [2.05, 4.69) is 10.9 Å². The normalized spacial score (nSPS) is 16.2. The number of hydrazine groups is 1. The van der Waals surface area contributed by atoms with Crippen LogP contribution in [0.5, 0.6) is 0 Å². The molecule has 1 aliphatic heterocycles.